The normalized spacial score (nSPS) is 11.2. The van der Waals surface area contributed by atoms with E-state index in [2.05, 4.69) is 36.9 Å². The number of hydrogen-bond acceptors (Lipinski definition) is 5. The van der Waals surface area contributed by atoms with Crippen LogP contribution in [-0.2, 0) is 4.79 Å². The molecule has 0 unspecified atom stereocenters. The van der Waals surface area contributed by atoms with Gasteiger partial charge < -0.3 is 14.6 Å². The fourth-order valence-corrected chi connectivity index (χ4v) is 3.28. The van der Waals surface area contributed by atoms with Gasteiger partial charge in [0.1, 0.15) is 5.75 Å². The van der Waals surface area contributed by atoms with E-state index in [0.29, 0.717) is 15.9 Å². The maximum absolute atomic E-state index is 12.3. The second-order valence-electron chi connectivity index (χ2n) is 6.11. The summed E-state index contributed by atoms with van der Waals surface area (Å²) in [5, 5.41) is 9.34. The Morgan fingerprint density at radius 1 is 1.00 bits per heavy atom. The van der Waals surface area contributed by atoms with Crippen LogP contribution in [0.5, 0.6) is 17.2 Å². The molecule has 1 N–H and O–H groups in total. The standard InChI is InChI=1S/C23H17Br2NO4/c1-29-21-13-16(14-26-18-7-9-19(27)10-8-18)12-20(25)23(21)30-22(28)11-4-15-2-5-17(24)6-3-15/h2-14,27H,1H3/b11-4+,26-14+. The van der Waals surface area contributed by atoms with Crippen LogP contribution >= 0.6 is 31.9 Å². The van der Waals surface area contributed by atoms with E-state index in [1.165, 1.54) is 13.2 Å². The molecule has 0 spiro atoms. The van der Waals surface area contributed by atoms with Crippen LogP contribution in [0.4, 0.5) is 5.69 Å². The Balaban J connectivity index is 1.75. The van der Waals surface area contributed by atoms with Crippen LogP contribution in [0.1, 0.15) is 11.1 Å². The summed E-state index contributed by atoms with van der Waals surface area (Å²) in [6.45, 7) is 0. The first-order chi connectivity index (χ1) is 14.4. The number of carbonyl (C=O) groups is 1. The molecule has 0 saturated heterocycles. The van der Waals surface area contributed by atoms with E-state index in [1.807, 2.05) is 24.3 Å². The topological polar surface area (TPSA) is 68.1 Å². The molecule has 3 aromatic carbocycles. The van der Waals surface area contributed by atoms with Crippen molar-refractivity contribution in [1.29, 1.82) is 0 Å². The smallest absolute Gasteiger partial charge is 0.336 e. The molecule has 3 aromatic rings. The van der Waals surface area contributed by atoms with Crippen molar-refractivity contribution >= 4 is 55.8 Å². The lowest BCUT2D eigenvalue weighted by atomic mass is 10.2. The van der Waals surface area contributed by atoms with Crippen LogP contribution in [0, 0.1) is 0 Å². The lowest BCUT2D eigenvalue weighted by Gasteiger charge is -2.11. The van der Waals surface area contributed by atoms with Gasteiger partial charge in [0.15, 0.2) is 11.5 Å². The Morgan fingerprint density at radius 3 is 2.37 bits per heavy atom. The van der Waals surface area contributed by atoms with Gasteiger partial charge in [-0.2, -0.15) is 0 Å². The van der Waals surface area contributed by atoms with E-state index >= 15 is 0 Å². The number of phenolic OH excluding ortho intramolecular Hbond substituents is 1. The number of nitrogens with zero attached hydrogens (tertiary/aromatic N) is 1. The molecular formula is C23H17Br2NO4. The average molecular weight is 531 g/mol. The molecule has 0 saturated carbocycles. The van der Waals surface area contributed by atoms with Crippen LogP contribution in [0.25, 0.3) is 6.08 Å². The third-order valence-electron chi connectivity index (χ3n) is 3.95. The molecule has 0 atom stereocenters. The predicted octanol–water partition coefficient (Wildman–Crippen LogP) is 6.30. The summed E-state index contributed by atoms with van der Waals surface area (Å²) in [7, 11) is 1.50. The van der Waals surface area contributed by atoms with E-state index < -0.39 is 5.97 Å². The van der Waals surface area contributed by atoms with Gasteiger partial charge in [-0.15, -0.1) is 0 Å². The maximum Gasteiger partial charge on any atom is 0.336 e. The Kier molecular flexibility index (Phi) is 7.43. The van der Waals surface area contributed by atoms with E-state index in [1.54, 1.807) is 48.7 Å². The number of carbonyl (C=O) groups excluding carboxylic acids is 1. The molecule has 0 bridgehead atoms. The van der Waals surface area contributed by atoms with Gasteiger partial charge in [0.05, 0.1) is 17.3 Å². The quantitative estimate of drug-likeness (QED) is 0.176. The minimum atomic E-state index is -0.526. The summed E-state index contributed by atoms with van der Waals surface area (Å²) in [6.07, 6.45) is 4.68. The van der Waals surface area contributed by atoms with Gasteiger partial charge in [-0.25, -0.2) is 4.79 Å². The third-order valence-corrected chi connectivity index (χ3v) is 5.07. The molecule has 0 aliphatic heterocycles. The van der Waals surface area contributed by atoms with Crippen molar-refractivity contribution in [3.63, 3.8) is 0 Å². The second-order valence-corrected chi connectivity index (χ2v) is 7.88. The monoisotopic (exact) mass is 529 g/mol. The van der Waals surface area contributed by atoms with Crippen LogP contribution in [0.2, 0.25) is 0 Å². The number of benzene rings is 3. The summed E-state index contributed by atoms with van der Waals surface area (Å²) in [5.41, 5.74) is 2.32. The minimum Gasteiger partial charge on any atom is -0.508 e. The summed E-state index contributed by atoms with van der Waals surface area (Å²) in [5.74, 6) is 0.327. The number of ether oxygens (including phenoxy) is 2. The number of rotatable bonds is 6. The number of methoxy groups -OCH3 is 1. The van der Waals surface area contributed by atoms with Crippen LogP contribution in [-0.4, -0.2) is 24.4 Å². The molecule has 152 valence electrons. The van der Waals surface area contributed by atoms with Crippen molar-refractivity contribution < 1.29 is 19.4 Å². The van der Waals surface area contributed by atoms with Crippen molar-refractivity contribution in [2.45, 2.75) is 0 Å². The first-order valence-electron chi connectivity index (χ1n) is 8.80. The highest BCUT2D eigenvalue weighted by Crippen LogP contribution is 2.36. The molecule has 0 amide bonds. The Bertz CT molecular complexity index is 1090. The highest BCUT2D eigenvalue weighted by molar-refractivity contribution is 9.10. The number of phenols is 1. The Hall–Kier alpha value is -2.90. The van der Waals surface area contributed by atoms with Crippen molar-refractivity contribution in [2.24, 2.45) is 4.99 Å². The van der Waals surface area contributed by atoms with E-state index in [9.17, 15) is 9.90 Å². The zero-order chi connectivity index (χ0) is 21.5. The first-order valence-corrected chi connectivity index (χ1v) is 10.4. The molecule has 30 heavy (non-hydrogen) atoms. The zero-order valence-corrected chi connectivity index (χ0v) is 19.1. The molecule has 0 aliphatic rings. The third kappa shape index (κ3) is 6.05. The SMILES string of the molecule is COc1cc(/C=N/c2ccc(O)cc2)cc(Br)c1OC(=O)/C=C/c1ccc(Br)cc1. The lowest BCUT2D eigenvalue weighted by molar-refractivity contribution is -0.129. The van der Waals surface area contributed by atoms with E-state index in [-0.39, 0.29) is 11.5 Å². The fourth-order valence-electron chi connectivity index (χ4n) is 2.47. The van der Waals surface area contributed by atoms with Crippen molar-refractivity contribution in [3.8, 4) is 17.2 Å². The molecular weight excluding hydrogens is 514 g/mol. The summed E-state index contributed by atoms with van der Waals surface area (Å²) < 4.78 is 12.4. The molecule has 7 heteroatoms. The van der Waals surface area contributed by atoms with Crippen LogP contribution in [0.15, 0.2) is 80.7 Å². The highest BCUT2D eigenvalue weighted by Gasteiger charge is 2.14. The molecule has 0 radical (unpaired) electrons. The van der Waals surface area contributed by atoms with Gasteiger partial charge >= 0.3 is 5.97 Å². The number of esters is 1. The molecule has 5 nitrogen and oxygen atoms in total. The molecule has 0 aliphatic carbocycles. The van der Waals surface area contributed by atoms with Crippen molar-refractivity contribution in [1.82, 2.24) is 0 Å². The average Bonchev–Trinajstić information content (AvgIpc) is 2.74. The van der Waals surface area contributed by atoms with E-state index in [0.717, 1.165) is 15.6 Å². The number of aromatic hydroxyl groups is 1. The summed E-state index contributed by atoms with van der Waals surface area (Å²) in [6, 6.07) is 17.6. The molecule has 3 rings (SSSR count). The van der Waals surface area contributed by atoms with Gasteiger partial charge in [-0.3, -0.25) is 4.99 Å². The summed E-state index contributed by atoms with van der Waals surface area (Å²) in [4.78, 5) is 16.6. The maximum atomic E-state index is 12.3. The molecule has 0 heterocycles. The highest BCUT2D eigenvalue weighted by atomic mass is 79.9. The second kappa shape index (κ2) is 10.2. The Labute approximate surface area is 190 Å². The van der Waals surface area contributed by atoms with Gasteiger partial charge in [0.25, 0.3) is 0 Å². The summed E-state index contributed by atoms with van der Waals surface area (Å²) >= 11 is 6.80. The van der Waals surface area contributed by atoms with Crippen molar-refractivity contribution in [2.75, 3.05) is 7.11 Å². The lowest BCUT2D eigenvalue weighted by Crippen LogP contribution is -2.06. The molecule has 0 fully saturated rings. The molecule has 0 aromatic heterocycles. The number of hydrogen-bond donors (Lipinski definition) is 1. The van der Waals surface area contributed by atoms with E-state index in [4.69, 9.17) is 9.47 Å². The minimum absolute atomic E-state index is 0.179. The van der Waals surface area contributed by atoms with Crippen LogP contribution in [0.3, 0.4) is 0 Å². The van der Waals surface area contributed by atoms with Gasteiger partial charge in [0, 0.05) is 16.8 Å². The van der Waals surface area contributed by atoms with Gasteiger partial charge in [0.2, 0.25) is 0 Å². The first kappa shape index (κ1) is 21.8. The Morgan fingerprint density at radius 2 is 1.70 bits per heavy atom. The van der Waals surface area contributed by atoms with Crippen molar-refractivity contribution in [3.05, 3.63) is 86.8 Å². The van der Waals surface area contributed by atoms with Crippen LogP contribution < -0.4 is 9.47 Å². The predicted molar refractivity (Wildman–Crippen MR) is 125 cm³/mol. The fraction of sp³-hybridized carbons (Fsp3) is 0.0435. The van der Waals surface area contributed by atoms with Gasteiger partial charge in [-0.05, 0) is 81.7 Å². The zero-order valence-electron chi connectivity index (χ0n) is 15.9. The largest absolute Gasteiger partial charge is 0.508 e. The number of aliphatic imine (C=N–C) groups is 1. The number of halogens is 2. The van der Waals surface area contributed by atoms with Gasteiger partial charge in [-0.1, -0.05) is 28.1 Å².